The molecule has 0 amide bonds. The second kappa shape index (κ2) is 7.34. The number of rotatable bonds is 6. The van der Waals surface area contributed by atoms with Gasteiger partial charge in [-0.1, -0.05) is 29.8 Å². The molecule has 0 fully saturated rings. The number of para-hydroxylation sites is 1. The van der Waals surface area contributed by atoms with Gasteiger partial charge in [-0.05, 0) is 55.2 Å². The summed E-state index contributed by atoms with van der Waals surface area (Å²) in [6.45, 7) is 3.82. The first-order chi connectivity index (χ1) is 10.8. The highest BCUT2D eigenvalue weighted by molar-refractivity contribution is 7.89. The maximum Gasteiger partial charge on any atom is 0.240 e. The van der Waals surface area contributed by atoms with Gasteiger partial charge < -0.3 is 4.74 Å². The number of ether oxygens (including phenoxy) is 1. The van der Waals surface area contributed by atoms with Crippen molar-refractivity contribution in [2.45, 2.75) is 25.2 Å². The predicted molar refractivity (Wildman–Crippen MR) is 92.8 cm³/mol. The molecule has 2 aromatic carbocycles. The number of sulfonamides is 1. The Bertz CT molecular complexity index is 803. The van der Waals surface area contributed by atoms with Gasteiger partial charge in [-0.25, -0.2) is 13.1 Å². The third-order valence-electron chi connectivity index (χ3n) is 3.62. The van der Waals surface area contributed by atoms with E-state index in [1.165, 1.54) is 0 Å². The molecule has 0 saturated heterocycles. The molecule has 0 aromatic heterocycles. The number of halogens is 1. The molecular formula is C17H20ClNO3S. The van der Waals surface area contributed by atoms with E-state index >= 15 is 0 Å². The summed E-state index contributed by atoms with van der Waals surface area (Å²) < 4.78 is 32.9. The number of methoxy groups -OCH3 is 1. The lowest BCUT2D eigenvalue weighted by molar-refractivity contribution is 0.409. The standard InChI is InChI=1S/C17H20ClNO3S/c1-12-11-17(13(2)10-15(12)18)23(20,21)19-9-8-14-6-4-5-7-16(14)22-3/h4-7,10-11,19H,8-9H2,1-3H3. The average Bonchev–Trinajstić information content (AvgIpc) is 2.51. The van der Waals surface area contributed by atoms with Crippen molar-refractivity contribution >= 4 is 21.6 Å². The minimum atomic E-state index is -3.57. The quantitative estimate of drug-likeness (QED) is 0.864. The molecule has 0 heterocycles. The smallest absolute Gasteiger partial charge is 0.240 e. The summed E-state index contributed by atoms with van der Waals surface area (Å²) in [7, 11) is -1.97. The molecule has 6 heteroatoms. The van der Waals surface area contributed by atoms with Gasteiger partial charge in [0.25, 0.3) is 0 Å². The molecule has 0 aliphatic carbocycles. The van der Waals surface area contributed by atoms with Crippen molar-refractivity contribution < 1.29 is 13.2 Å². The summed E-state index contributed by atoms with van der Waals surface area (Å²) >= 11 is 6.02. The Morgan fingerprint density at radius 2 is 1.83 bits per heavy atom. The second-order valence-corrected chi connectivity index (χ2v) is 7.47. The Labute approximate surface area is 142 Å². The van der Waals surface area contributed by atoms with E-state index in [2.05, 4.69) is 4.72 Å². The highest BCUT2D eigenvalue weighted by Crippen LogP contribution is 2.24. The maximum absolute atomic E-state index is 12.5. The first-order valence-corrected chi connectivity index (χ1v) is 9.09. The maximum atomic E-state index is 12.5. The van der Waals surface area contributed by atoms with Gasteiger partial charge in [-0.2, -0.15) is 0 Å². The van der Waals surface area contributed by atoms with E-state index in [0.717, 1.165) is 16.9 Å². The fourth-order valence-electron chi connectivity index (χ4n) is 2.35. The Morgan fingerprint density at radius 3 is 2.52 bits per heavy atom. The van der Waals surface area contributed by atoms with Gasteiger partial charge in [-0.15, -0.1) is 0 Å². The van der Waals surface area contributed by atoms with Crippen LogP contribution in [-0.2, 0) is 16.4 Å². The second-order valence-electron chi connectivity index (χ2n) is 5.33. The van der Waals surface area contributed by atoms with E-state index in [1.54, 1.807) is 33.1 Å². The largest absolute Gasteiger partial charge is 0.496 e. The van der Waals surface area contributed by atoms with Crippen molar-refractivity contribution in [2.75, 3.05) is 13.7 Å². The first-order valence-electron chi connectivity index (χ1n) is 7.23. The van der Waals surface area contributed by atoms with E-state index in [-0.39, 0.29) is 4.90 Å². The van der Waals surface area contributed by atoms with Gasteiger partial charge in [0.2, 0.25) is 10.0 Å². The molecular weight excluding hydrogens is 334 g/mol. The van der Waals surface area contributed by atoms with E-state index in [0.29, 0.717) is 23.6 Å². The lowest BCUT2D eigenvalue weighted by Crippen LogP contribution is -2.26. The average molecular weight is 354 g/mol. The van der Waals surface area contributed by atoms with Crippen molar-refractivity contribution in [2.24, 2.45) is 0 Å². The lowest BCUT2D eigenvalue weighted by atomic mass is 10.1. The van der Waals surface area contributed by atoms with Crippen LogP contribution in [0.15, 0.2) is 41.3 Å². The Balaban J connectivity index is 2.12. The Hall–Kier alpha value is -1.56. The molecule has 4 nitrogen and oxygen atoms in total. The number of nitrogens with one attached hydrogen (secondary N) is 1. The van der Waals surface area contributed by atoms with Crippen LogP contribution in [-0.4, -0.2) is 22.1 Å². The van der Waals surface area contributed by atoms with E-state index < -0.39 is 10.0 Å². The van der Waals surface area contributed by atoms with Crippen LogP contribution in [0.2, 0.25) is 5.02 Å². The zero-order chi connectivity index (χ0) is 17.0. The van der Waals surface area contributed by atoms with Gasteiger partial charge >= 0.3 is 0 Å². The summed E-state index contributed by atoms with van der Waals surface area (Å²) in [4.78, 5) is 0.263. The predicted octanol–water partition coefficient (Wildman–Crippen LogP) is 3.49. The van der Waals surface area contributed by atoms with E-state index in [9.17, 15) is 8.42 Å². The van der Waals surface area contributed by atoms with Crippen molar-refractivity contribution in [3.63, 3.8) is 0 Å². The molecule has 0 atom stereocenters. The molecule has 0 saturated carbocycles. The van der Waals surface area contributed by atoms with Crippen molar-refractivity contribution in [1.82, 2.24) is 4.72 Å². The van der Waals surface area contributed by atoms with Gasteiger partial charge in [0.15, 0.2) is 0 Å². The van der Waals surface area contributed by atoms with Crippen molar-refractivity contribution in [3.05, 3.63) is 58.1 Å². The minimum Gasteiger partial charge on any atom is -0.496 e. The van der Waals surface area contributed by atoms with Crippen molar-refractivity contribution in [1.29, 1.82) is 0 Å². The number of hydrogen-bond acceptors (Lipinski definition) is 3. The van der Waals surface area contributed by atoms with Gasteiger partial charge in [0, 0.05) is 11.6 Å². The van der Waals surface area contributed by atoms with Crippen LogP contribution in [0.3, 0.4) is 0 Å². The van der Waals surface area contributed by atoms with Crippen LogP contribution in [0, 0.1) is 13.8 Å². The zero-order valence-corrected chi connectivity index (χ0v) is 15.0. The Kier molecular flexibility index (Phi) is 5.68. The molecule has 124 valence electrons. The molecule has 2 aromatic rings. The molecule has 0 bridgehead atoms. The summed E-state index contributed by atoms with van der Waals surface area (Å²) in [6, 6.07) is 10.8. The molecule has 0 unspecified atom stereocenters. The van der Waals surface area contributed by atoms with Crippen LogP contribution in [0.25, 0.3) is 0 Å². The van der Waals surface area contributed by atoms with Gasteiger partial charge in [0.1, 0.15) is 5.75 Å². The van der Waals surface area contributed by atoms with Crippen LogP contribution in [0.1, 0.15) is 16.7 Å². The molecule has 0 aliphatic rings. The minimum absolute atomic E-state index is 0.263. The molecule has 0 spiro atoms. The highest BCUT2D eigenvalue weighted by Gasteiger charge is 2.18. The molecule has 0 aliphatic heterocycles. The summed E-state index contributed by atoms with van der Waals surface area (Å²) in [5.74, 6) is 0.755. The summed E-state index contributed by atoms with van der Waals surface area (Å²) in [6.07, 6.45) is 0.550. The third-order valence-corrected chi connectivity index (χ3v) is 5.63. The number of hydrogen-bond donors (Lipinski definition) is 1. The normalized spacial score (nSPS) is 11.5. The van der Waals surface area contributed by atoms with E-state index in [1.807, 2.05) is 24.3 Å². The molecule has 2 rings (SSSR count). The fourth-order valence-corrected chi connectivity index (χ4v) is 3.91. The van der Waals surface area contributed by atoms with Crippen LogP contribution in [0.5, 0.6) is 5.75 Å². The van der Waals surface area contributed by atoms with Crippen LogP contribution in [0.4, 0.5) is 0 Å². The van der Waals surface area contributed by atoms with Crippen LogP contribution >= 0.6 is 11.6 Å². The third kappa shape index (κ3) is 4.25. The van der Waals surface area contributed by atoms with E-state index in [4.69, 9.17) is 16.3 Å². The van der Waals surface area contributed by atoms with Gasteiger partial charge in [-0.3, -0.25) is 0 Å². The Morgan fingerprint density at radius 1 is 1.13 bits per heavy atom. The first kappa shape index (κ1) is 17.8. The lowest BCUT2D eigenvalue weighted by Gasteiger charge is -2.12. The molecule has 0 radical (unpaired) electrons. The zero-order valence-electron chi connectivity index (χ0n) is 13.4. The molecule has 23 heavy (non-hydrogen) atoms. The highest BCUT2D eigenvalue weighted by atomic mass is 35.5. The topological polar surface area (TPSA) is 55.4 Å². The van der Waals surface area contributed by atoms with Gasteiger partial charge in [0.05, 0.1) is 12.0 Å². The van der Waals surface area contributed by atoms with Crippen LogP contribution < -0.4 is 9.46 Å². The SMILES string of the molecule is COc1ccccc1CCNS(=O)(=O)c1cc(C)c(Cl)cc1C. The fraction of sp³-hybridized carbons (Fsp3) is 0.294. The number of aryl methyl sites for hydroxylation is 2. The summed E-state index contributed by atoms with van der Waals surface area (Å²) in [5.41, 5.74) is 2.33. The summed E-state index contributed by atoms with van der Waals surface area (Å²) in [5, 5.41) is 0.565. The molecule has 1 N–H and O–H groups in total. The number of benzene rings is 2. The monoisotopic (exact) mass is 353 g/mol. The van der Waals surface area contributed by atoms with Crippen molar-refractivity contribution in [3.8, 4) is 5.75 Å².